The van der Waals surface area contributed by atoms with Gasteiger partial charge in [-0.05, 0) is 62.5 Å². The molecular weight excluding hydrogens is 315 g/mol. The molecule has 0 aliphatic heterocycles. The Kier molecular flexibility index (Phi) is 5.11. The Hall–Kier alpha value is -1.75. The zero-order valence-electron chi connectivity index (χ0n) is 14.6. The van der Waals surface area contributed by atoms with Crippen LogP contribution in [-0.4, -0.2) is 21.5 Å². The number of hydrogen-bond acceptors (Lipinski definition) is 3. The highest BCUT2D eigenvalue weighted by Gasteiger charge is 2.43. The maximum atomic E-state index is 14.4. The summed E-state index contributed by atoms with van der Waals surface area (Å²) < 4.78 is 16.3. The van der Waals surface area contributed by atoms with E-state index in [9.17, 15) is 4.39 Å². The highest BCUT2D eigenvalue weighted by Crippen LogP contribution is 2.52. The number of fused-ring (bicyclic) bond motifs is 2. The summed E-state index contributed by atoms with van der Waals surface area (Å²) in [4.78, 5) is 0. The molecule has 4 unspecified atom stereocenters. The molecule has 5 heteroatoms. The number of halogens is 1. The van der Waals surface area contributed by atoms with Crippen LogP contribution in [0.2, 0.25) is 0 Å². The zero-order chi connectivity index (χ0) is 17.1. The van der Waals surface area contributed by atoms with Crippen LogP contribution in [0.25, 0.3) is 0 Å². The monoisotopic (exact) mass is 342 g/mol. The molecular formula is C20H27FN4. The first-order valence-corrected chi connectivity index (χ1v) is 9.63. The maximum Gasteiger partial charge on any atom is 0.127 e. The Balaban J connectivity index is 1.37. The summed E-state index contributed by atoms with van der Waals surface area (Å²) >= 11 is 0. The fourth-order valence-corrected chi connectivity index (χ4v) is 4.93. The fraction of sp³-hybridized carbons (Fsp3) is 0.600. The summed E-state index contributed by atoms with van der Waals surface area (Å²) in [5.74, 6) is 2.17. The van der Waals surface area contributed by atoms with Crippen molar-refractivity contribution in [2.45, 2.75) is 51.1 Å². The van der Waals surface area contributed by atoms with E-state index in [-0.39, 0.29) is 11.9 Å². The molecule has 1 N–H and O–H groups in total. The minimum atomic E-state index is -0.0645. The lowest BCUT2D eigenvalue weighted by Crippen LogP contribution is -2.33. The number of nitrogens with one attached hydrogen (secondary N) is 1. The number of nitrogens with zero attached hydrogens (tertiary/aromatic N) is 3. The summed E-state index contributed by atoms with van der Waals surface area (Å²) in [5.41, 5.74) is 0.858. The Morgan fingerprint density at radius 3 is 2.84 bits per heavy atom. The van der Waals surface area contributed by atoms with Crippen molar-refractivity contribution in [1.29, 1.82) is 0 Å². The van der Waals surface area contributed by atoms with Crippen molar-refractivity contribution < 1.29 is 4.39 Å². The normalized spacial score (nSPS) is 26.2. The van der Waals surface area contributed by atoms with E-state index in [1.807, 2.05) is 23.0 Å². The number of unbranched alkanes of at least 4 members (excludes halogenated alkanes) is 1. The first-order valence-electron chi connectivity index (χ1n) is 9.63. The van der Waals surface area contributed by atoms with Crippen molar-refractivity contribution in [2.75, 3.05) is 6.54 Å². The van der Waals surface area contributed by atoms with E-state index < -0.39 is 0 Å². The lowest BCUT2D eigenvalue weighted by atomic mass is 9.80. The van der Waals surface area contributed by atoms with Gasteiger partial charge in [-0.1, -0.05) is 29.8 Å². The lowest BCUT2D eigenvalue weighted by molar-refractivity contribution is 0.245. The van der Waals surface area contributed by atoms with Gasteiger partial charge in [0.25, 0.3) is 0 Å². The van der Waals surface area contributed by atoms with Gasteiger partial charge in [-0.2, -0.15) is 0 Å². The molecule has 0 amide bonds. The average molecular weight is 342 g/mol. The van der Waals surface area contributed by atoms with Crippen LogP contribution in [0.5, 0.6) is 0 Å². The van der Waals surface area contributed by atoms with Crippen molar-refractivity contribution >= 4 is 0 Å². The molecule has 4 atom stereocenters. The zero-order valence-corrected chi connectivity index (χ0v) is 14.6. The third kappa shape index (κ3) is 3.76. The van der Waals surface area contributed by atoms with Crippen LogP contribution in [0.4, 0.5) is 4.39 Å². The molecule has 2 aliphatic carbocycles. The molecule has 25 heavy (non-hydrogen) atoms. The molecule has 1 aromatic heterocycles. The summed E-state index contributed by atoms with van der Waals surface area (Å²) in [6, 6.07) is 7.47. The smallest absolute Gasteiger partial charge is 0.127 e. The molecule has 1 heterocycles. The second kappa shape index (κ2) is 7.65. The first-order chi connectivity index (χ1) is 12.3. The Morgan fingerprint density at radius 1 is 1.20 bits per heavy atom. The van der Waals surface area contributed by atoms with E-state index in [2.05, 4.69) is 15.6 Å². The predicted molar refractivity (Wildman–Crippen MR) is 95.3 cm³/mol. The highest BCUT2D eigenvalue weighted by molar-refractivity contribution is 5.23. The van der Waals surface area contributed by atoms with E-state index in [4.69, 9.17) is 0 Å². The molecule has 134 valence electrons. The van der Waals surface area contributed by atoms with E-state index in [0.29, 0.717) is 5.92 Å². The summed E-state index contributed by atoms with van der Waals surface area (Å²) in [7, 11) is 0. The molecule has 2 fully saturated rings. The van der Waals surface area contributed by atoms with E-state index in [1.54, 1.807) is 18.3 Å². The number of aromatic nitrogens is 3. The second-order valence-electron chi connectivity index (χ2n) is 7.67. The summed E-state index contributed by atoms with van der Waals surface area (Å²) in [6.45, 7) is 1.81. The van der Waals surface area contributed by atoms with Gasteiger partial charge in [-0.3, -0.25) is 4.68 Å². The van der Waals surface area contributed by atoms with Gasteiger partial charge in [0.1, 0.15) is 5.82 Å². The number of rotatable bonds is 8. The van der Waals surface area contributed by atoms with Gasteiger partial charge in [0.15, 0.2) is 0 Å². The minimum Gasteiger partial charge on any atom is -0.310 e. The van der Waals surface area contributed by atoms with Crippen molar-refractivity contribution in [1.82, 2.24) is 20.3 Å². The highest BCUT2D eigenvalue weighted by atomic mass is 19.1. The Bertz CT molecular complexity index is 672. The molecule has 4 rings (SSSR count). The van der Waals surface area contributed by atoms with E-state index in [1.165, 1.54) is 25.7 Å². The molecule has 0 saturated heterocycles. The molecule has 1 aromatic carbocycles. The van der Waals surface area contributed by atoms with Crippen LogP contribution >= 0.6 is 0 Å². The molecule has 2 bridgehead atoms. The molecule has 4 nitrogen and oxygen atoms in total. The molecule has 2 aromatic rings. The molecule has 0 radical (unpaired) electrons. The van der Waals surface area contributed by atoms with Crippen molar-refractivity contribution in [3.05, 3.63) is 48.0 Å². The molecule has 2 saturated carbocycles. The van der Waals surface area contributed by atoms with Gasteiger partial charge in [-0.15, -0.1) is 5.10 Å². The molecule has 2 aliphatic rings. The van der Waals surface area contributed by atoms with Gasteiger partial charge in [0.2, 0.25) is 0 Å². The molecule has 0 spiro atoms. The van der Waals surface area contributed by atoms with Gasteiger partial charge >= 0.3 is 0 Å². The van der Waals surface area contributed by atoms with Gasteiger partial charge in [-0.25, -0.2) is 4.39 Å². The van der Waals surface area contributed by atoms with Crippen molar-refractivity contribution in [3.63, 3.8) is 0 Å². The van der Waals surface area contributed by atoms with Gasteiger partial charge < -0.3 is 5.32 Å². The Morgan fingerprint density at radius 2 is 2.12 bits per heavy atom. The van der Waals surface area contributed by atoms with Gasteiger partial charge in [0, 0.05) is 24.3 Å². The summed E-state index contributed by atoms with van der Waals surface area (Å²) in [5, 5.41) is 11.5. The van der Waals surface area contributed by atoms with E-state index in [0.717, 1.165) is 43.3 Å². The summed E-state index contributed by atoms with van der Waals surface area (Å²) in [6.07, 6.45) is 11.0. The van der Waals surface area contributed by atoms with Gasteiger partial charge in [0.05, 0.1) is 6.20 Å². The standard InChI is InChI=1S/C20H27FN4/c21-19-6-2-1-5-17(19)20(18-14-15-7-8-16(18)13-15)22-9-3-4-11-25-12-10-23-24-25/h1-2,5-6,10,12,15-16,18,20,22H,3-4,7-9,11,13-14H2. The number of hydrogen-bond donors (Lipinski definition) is 1. The van der Waals surface area contributed by atoms with Crippen molar-refractivity contribution in [3.8, 4) is 0 Å². The second-order valence-corrected chi connectivity index (χ2v) is 7.67. The first kappa shape index (κ1) is 16.7. The van der Waals surface area contributed by atoms with Crippen LogP contribution in [0, 0.1) is 23.6 Å². The predicted octanol–water partition coefficient (Wildman–Crippen LogP) is 3.96. The van der Waals surface area contributed by atoms with Crippen LogP contribution in [-0.2, 0) is 6.54 Å². The third-order valence-electron chi connectivity index (χ3n) is 6.11. The Labute approximate surface area is 148 Å². The number of benzene rings is 1. The van der Waals surface area contributed by atoms with Crippen LogP contribution in [0.3, 0.4) is 0 Å². The van der Waals surface area contributed by atoms with Crippen LogP contribution in [0.1, 0.15) is 50.1 Å². The quantitative estimate of drug-likeness (QED) is 0.738. The lowest BCUT2D eigenvalue weighted by Gasteiger charge is -2.32. The maximum absolute atomic E-state index is 14.4. The van der Waals surface area contributed by atoms with E-state index >= 15 is 0 Å². The third-order valence-corrected chi connectivity index (χ3v) is 6.11. The van der Waals surface area contributed by atoms with Crippen molar-refractivity contribution in [2.24, 2.45) is 17.8 Å². The fourth-order valence-electron chi connectivity index (χ4n) is 4.93. The average Bonchev–Trinajstić information content (AvgIpc) is 3.37. The topological polar surface area (TPSA) is 42.7 Å². The largest absolute Gasteiger partial charge is 0.310 e. The minimum absolute atomic E-state index is 0.0645. The SMILES string of the molecule is Fc1ccccc1C(NCCCCn1ccnn1)C1CC2CCC1C2. The number of aryl methyl sites for hydroxylation is 1. The van der Waals surface area contributed by atoms with Crippen LogP contribution in [0.15, 0.2) is 36.7 Å². The van der Waals surface area contributed by atoms with Crippen LogP contribution < -0.4 is 5.32 Å².